The minimum absolute atomic E-state index is 0.0979. The molecule has 1 aromatic carbocycles. The molecule has 262 valence electrons. The summed E-state index contributed by atoms with van der Waals surface area (Å²) in [6.45, 7) is 12.7. The first kappa shape index (κ1) is 34.2. The summed E-state index contributed by atoms with van der Waals surface area (Å²) in [5, 5.41) is 28.1. The second-order valence-corrected chi connectivity index (χ2v) is 16.2. The van der Waals surface area contributed by atoms with Gasteiger partial charge in [-0.3, -0.25) is 4.79 Å². The van der Waals surface area contributed by atoms with Crippen LogP contribution in [0.25, 0.3) is 5.69 Å². The Hall–Kier alpha value is -3.63. The van der Waals surface area contributed by atoms with Crippen molar-refractivity contribution < 1.29 is 19.9 Å². The molecule has 2 heterocycles. The predicted octanol–water partition coefficient (Wildman–Crippen LogP) is 6.15. The molecular formula is C37H53N5O6. The van der Waals surface area contributed by atoms with Gasteiger partial charge in [-0.15, -0.1) is 0 Å². The van der Waals surface area contributed by atoms with Crippen LogP contribution in [-0.4, -0.2) is 48.8 Å². The number of rotatable bonds is 9. The zero-order chi connectivity index (χ0) is 34.6. The summed E-state index contributed by atoms with van der Waals surface area (Å²) in [6, 6.07) is 8.84. The monoisotopic (exact) mass is 663 g/mol. The topological polar surface area (TPSA) is 140 Å². The molecule has 1 aromatic heterocycles. The van der Waals surface area contributed by atoms with Gasteiger partial charge in [-0.2, -0.15) is 0 Å². The van der Waals surface area contributed by atoms with Crippen molar-refractivity contribution in [1.29, 1.82) is 0 Å². The first-order valence-corrected chi connectivity index (χ1v) is 17.9. The van der Waals surface area contributed by atoms with Crippen molar-refractivity contribution in [3.05, 3.63) is 51.3 Å². The highest BCUT2D eigenvalue weighted by atomic mass is 16.5. The Morgan fingerprint density at radius 3 is 2.27 bits per heavy atom. The Balaban J connectivity index is 1.63. The summed E-state index contributed by atoms with van der Waals surface area (Å²) in [6.07, 6.45) is 10.6. The Kier molecular flexibility index (Phi) is 8.82. The summed E-state index contributed by atoms with van der Waals surface area (Å²) < 4.78 is 10.00. The quantitative estimate of drug-likeness (QED) is 0.143. The van der Waals surface area contributed by atoms with Gasteiger partial charge in [0.2, 0.25) is 0 Å². The first-order valence-electron chi connectivity index (χ1n) is 17.9. The zero-order valence-electron chi connectivity index (χ0n) is 29.3. The molecule has 9 atom stereocenters. The molecule has 6 rings (SSSR count). The van der Waals surface area contributed by atoms with Crippen molar-refractivity contribution in [2.75, 3.05) is 0 Å². The van der Waals surface area contributed by atoms with Crippen LogP contribution in [0.3, 0.4) is 0 Å². The normalized spacial score (nSPS) is 36.5. The molecule has 9 unspecified atom stereocenters. The number of hydrogen-bond donors (Lipinski definition) is 2. The fourth-order valence-electron chi connectivity index (χ4n) is 11.5. The number of benzene rings is 1. The number of nitrogens with zero attached hydrogens (tertiary/aromatic N) is 5. The lowest BCUT2D eigenvalue weighted by Gasteiger charge is -2.67. The minimum Gasteiger partial charge on any atom is -0.462 e. The molecule has 0 amide bonds. The van der Waals surface area contributed by atoms with Gasteiger partial charge in [0.25, 0.3) is 0 Å². The number of hydrogen-bond acceptors (Lipinski definition) is 8. The van der Waals surface area contributed by atoms with Crippen LogP contribution in [0.2, 0.25) is 0 Å². The van der Waals surface area contributed by atoms with Crippen LogP contribution in [0.15, 0.2) is 50.2 Å². The van der Waals surface area contributed by atoms with Crippen LogP contribution in [0.1, 0.15) is 106 Å². The minimum atomic E-state index is -1.32. The van der Waals surface area contributed by atoms with E-state index in [2.05, 4.69) is 44.9 Å². The molecule has 3 fully saturated rings. The van der Waals surface area contributed by atoms with E-state index in [9.17, 15) is 20.0 Å². The van der Waals surface area contributed by atoms with Crippen molar-refractivity contribution in [2.24, 2.45) is 50.7 Å². The lowest BCUT2D eigenvalue weighted by molar-refractivity contribution is -0.181. The molecule has 11 nitrogen and oxygen atoms in total. The summed E-state index contributed by atoms with van der Waals surface area (Å²) in [7, 11) is 0. The third-order valence-corrected chi connectivity index (χ3v) is 13.5. The number of esters is 1. The van der Waals surface area contributed by atoms with Gasteiger partial charge >= 0.3 is 17.3 Å². The number of carbonyl (C=O) groups is 1. The maximum absolute atomic E-state index is 15.0. The standard InChI is InChI=1S/C37H53N5O6/c1-24(2)11-10-12-25(3)29-15-16-30-34(29,5)19-18-31-35(6)20-17-28(48-26(4)43)21-36(35,22-38-46)41-32(44)40(27-13-8-7-9-14-27)33(45)42(41)37(30,31)23-39-47/h7-9,13-14,22-25,28-31,46-47H,10-12,15-21H2,1-6H3/b38-22-,39-23-. The molecule has 3 saturated carbocycles. The van der Waals surface area contributed by atoms with Gasteiger partial charge in [-0.05, 0) is 85.7 Å². The number of fused-ring (bicyclic) bond motifs is 8. The van der Waals surface area contributed by atoms with Gasteiger partial charge in [0.1, 0.15) is 17.2 Å². The summed E-state index contributed by atoms with van der Waals surface area (Å²) >= 11 is 0. The van der Waals surface area contributed by atoms with Gasteiger partial charge in [0.05, 0.1) is 18.1 Å². The number of carbonyl (C=O) groups excluding carboxylic acids is 1. The maximum atomic E-state index is 15.0. The van der Waals surface area contributed by atoms with E-state index in [4.69, 9.17) is 4.74 Å². The van der Waals surface area contributed by atoms with Crippen LogP contribution in [0, 0.1) is 40.4 Å². The Labute approximate surface area is 282 Å². The summed E-state index contributed by atoms with van der Waals surface area (Å²) in [5.74, 6) is 0.752. The van der Waals surface area contributed by atoms with E-state index in [1.807, 2.05) is 6.07 Å². The number of para-hydroxylation sites is 1. The van der Waals surface area contributed by atoms with Crippen LogP contribution in [0.4, 0.5) is 0 Å². The van der Waals surface area contributed by atoms with Crippen LogP contribution in [0.5, 0.6) is 0 Å². The lowest BCUT2D eigenvalue weighted by atomic mass is 9.43. The molecule has 0 spiro atoms. The van der Waals surface area contributed by atoms with Crippen molar-refractivity contribution in [1.82, 2.24) is 13.9 Å². The molecule has 48 heavy (non-hydrogen) atoms. The Bertz CT molecular complexity index is 1690. The zero-order valence-corrected chi connectivity index (χ0v) is 29.3. The van der Waals surface area contributed by atoms with Crippen LogP contribution < -0.4 is 11.4 Å². The van der Waals surface area contributed by atoms with E-state index in [-0.39, 0.29) is 23.7 Å². The van der Waals surface area contributed by atoms with Crippen LogP contribution in [-0.2, 0) is 20.6 Å². The first-order chi connectivity index (χ1) is 22.8. The van der Waals surface area contributed by atoms with Gasteiger partial charge < -0.3 is 15.2 Å². The largest absolute Gasteiger partial charge is 0.462 e. The van der Waals surface area contributed by atoms with E-state index in [1.54, 1.807) is 35.2 Å². The molecule has 0 bridgehead atoms. The average molecular weight is 664 g/mol. The molecule has 0 radical (unpaired) electrons. The van der Waals surface area contributed by atoms with Crippen molar-refractivity contribution >= 4 is 18.4 Å². The highest BCUT2D eigenvalue weighted by molar-refractivity contribution is 5.75. The molecule has 2 N–H and O–H groups in total. The molecule has 3 aliphatic carbocycles. The van der Waals surface area contributed by atoms with Gasteiger partial charge in [0.15, 0.2) is 0 Å². The van der Waals surface area contributed by atoms with Gasteiger partial charge in [-0.1, -0.05) is 82.4 Å². The second kappa shape index (κ2) is 12.4. The molecule has 4 aliphatic rings. The Morgan fingerprint density at radius 1 is 0.938 bits per heavy atom. The van der Waals surface area contributed by atoms with Crippen LogP contribution >= 0.6 is 0 Å². The average Bonchev–Trinajstić information content (AvgIpc) is 3.52. The Morgan fingerprint density at radius 2 is 1.62 bits per heavy atom. The molecular weight excluding hydrogens is 610 g/mol. The van der Waals surface area contributed by atoms with E-state index in [0.717, 1.165) is 32.1 Å². The second-order valence-electron chi connectivity index (χ2n) is 16.2. The highest BCUT2D eigenvalue weighted by Crippen LogP contribution is 2.71. The number of oxime groups is 2. The van der Waals surface area contributed by atoms with Crippen molar-refractivity contribution in [2.45, 2.75) is 123 Å². The predicted molar refractivity (Wildman–Crippen MR) is 183 cm³/mol. The van der Waals surface area contributed by atoms with Gasteiger partial charge in [-0.25, -0.2) is 23.5 Å². The number of ether oxygens (including phenoxy) is 1. The summed E-state index contributed by atoms with van der Waals surface area (Å²) in [5.41, 5.74) is -4.06. The fourth-order valence-corrected chi connectivity index (χ4v) is 11.5. The fraction of sp³-hybridized carbons (Fsp3) is 0.703. The number of aromatic nitrogens is 3. The molecule has 0 saturated heterocycles. The lowest BCUT2D eigenvalue weighted by Crippen LogP contribution is -2.76. The molecule has 2 aromatic rings. The van der Waals surface area contributed by atoms with E-state index < -0.39 is 39.9 Å². The molecule has 11 heteroatoms. The highest BCUT2D eigenvalue weighted by Gasteiger charge is 2.74. The third kappa shape index (κ3) is 4.76. The van der Waals surface area contributed by atoms with Crippen molar-refractivity contribution in [3.63, 3.8) is 0 Å². The summed E-state index contributed by atoms with van der Waals surface area (Å²) in [4.78, 5) is 42.2. The smallest absolute Gasteiger partial charge is 0.352 e. The third-order valence-electron chi connectivity index (χ3n) is 13.5. The van der Waals surface area contributed by atoms with E-state index in [1.165, 1.54) is 35.2 Å². The van der Waals surface area contributed by atoms with Crippen molar-refractivity contribution in [3.8, 4) is 5.69 Å². The molecule has 1 aliphatic heterocycles. The maximum Gasteiger partial charge on any atom is 0.352 e. The van der Waals surface area contributed by atoms with E-state index >= 15 is 4.79 Å². The van der Waals surface area contributed by atoms with Gasteiger partial charge in [0, 0.05) is 18.8 Å². The SMILES string of the molecule is CC(=O)OC1CCC2(C)C3CCC4(C)C(C(C)CCCC(C)C)CCC4C3(/C=N\O)n3c(=O)n(-c4ccccc4)c(=O)n3C2(/C=N\O)C1. The van der Waals surface area contributed by atoms with E-state index in [0.29, 0.717) is 36.3 Å².